The van der Waals surface area contributed by atoms with Gasteiger partial charge in [0.1, 0.15) is 18.1 Å². The van der Waals surface area contributed by atoms with E-state index in [0.29, 0.717) is 43.9 Å². The molecule has 346 valence electrons. The minimum absolute atomic E-state index is 0.110. The van der Waals surface area contributed by atoms with Crippen LogP contribution in [0, 0.1) is 11.3 Å². The van der Waals surface area contributed by atoms with E-state index < -0.39 is 35.4 Å². The fraction of sp³-hybridized carbons (Fsp3) is 0.583. The maximum atomic E-state index is 14.6. The lowest BCUT2D eigenvalue weighted by Crippen LogP contribution is -2.62. The van der Waals surface area contributed by atoms with E-state index in [1.54, 1.807) is 32.3 Å². The number of esters is 1. The van der Waals surface area contributed by atoms with Gasteiger partial charge in [0, 0.05) is 92.3 Å². The van der Waals surface area contributed by atoms with Gasteiger partial charge in [-0.15, -0.1) is 11.3 Å². The molecular weight excluding hydrogens is 831 g/mol. The van der Waals surface area contributed by atoms with E-state index in [2.05, 4.69) is 72.3 Å². The van der Waals surface area contributed by atoms with Gasteiger partial charge in [0.05, 0.1) is 34.8 Å². The first-order chi connectivity index (χ1) is 30.5. The number of hydrazine groups is 1. The Morgan fingerprint density at radius 1 is 1.11 bits per heavy atom. The molecule has 0 saturated carbocycles. The number of hydrogen-bond donors (Lipinski definition) is 2. The number of amides is 4. The van der Waals surface area contributed by atoms with Crippen LogP contribution in [0.1, 0.15) is 89.6 Å². The second kappa shape index (κ2) is 19.7. The lowest BCUT2D eigenvalue weighted by molar-refractivity contribution is -0.155. The van der Waals surface area contributed by atoms with Gasteiger partial charge < -0.3 is 34.1 Å². The van der Waals surface area contributed by atoms with Crippen molar-refractivity contribution in [1.29, 1.82) is 0 Å². The largest absolute Gasteiger partial charge is 0.464 e. The summed E-state index contributed by atoms with van der Waals surface area (Å²) < 4.78 is 14.3. The number of likely N-dealkylation sites (N-methyl/N-ethyl adjacent to an activating group) is 3. The SMILES string of the molecule is CCn1c(-c2cccnc2[C@H](C)OC)c2c3cc(ccc31)-c1csc(n1)C[C@H](NC(=O)[C@H](C(C)C)N(C)C(=O)N(C)C[C@H]1CCCN1C)C(=O)N1CCC[C@H](N1)C(=O)OCC(C)(C)C2. The molecule has 6 bridgehead atoms. The summed E-state index contributed by atoms with van der Waals surface area (Å²) in [6.07, 6.45) is 5.40. The highest BCUT2D eigenvalue weighted by atomic mass is 32.1. The smallest absolute Gasteiger partial charge is 0.324 e. The van der Waals surface area contributed by atoms with Crippen LogP contribution in [0.25, 0.3) is 33.4 Å². The van der Waals surface area contributed by atoms with Gasteiger partial charge >= 0.3 is 12.0 Å². The van der Waals surface area contributed by atoms with Gasteiger partial charge in [-0.05, 0) is 95.3 Å². The van der Waals surface area contributed by atoms with E-state index in [-0.39, 0.29) is 43.0 Å². The summed E-state index contributed by atoms with van der Waals surface area (Å²) in [6.45, 7) is 14.9. The summed E-state index contributed by atoms with van der Waals surface area (Å²) in [5, 5.41) is 8.23. The first kappa shape index (κ1) is 47.1. The molecule has 4 aromatic rings. The molecule has 16 heteroatoms. The monoisotopic (exact) mass is 897 g/mol. The molecular formula is C48H67N9O6S. The van der Waals surface area contributed by atoms with Gasteiger partial charge in [-0.3, -0.25) is 24.4 Å². The third-order valence-electron chi connectivity index (χ3n) is 13.3. The van der Waals surface area contributed by atoms with E-state index >= 15 is 0 Å². The van der Waals surface area contributed by atoms with Crippen molar-refractivity contribution in [2.24, 2.45) is 11.3 Å². The lowest BCUT2D eigenvalue weighted by atomic mass is 9.84. The third-order valence-corrected chi connectivity index (χ3v) is 14.1. The van der Waals surface area contributed by atoms with Crippen molar-refractivity contribution < 1.29 is 28.7 Å². The number of nitrogens with one attached hydrogen (secondary N) is 2. The number of urea groups is 1. The van der Waals surface area contributed by atoms with Gasteiger partial charge in [-0.2, -0.15) is 0 Å². The van der Waals surface area contributed by atoms with E-state index in [0.717, 1.165) is 64.1 Å². The molecule has 5 atom stereocenters. The summed E-state index contributed by atoms with van der Waals surface area (Å²) in [4.78, 5) is 72.1. The van der Waals surface area contributed by atoms with E-state index in [1.807, 2.05) is 32.2 Å². The summed E-state index contributed by atoms with van der Waals surface area (Å²) in [7, 11) is 7.19. The number of nitrogens with zero attached hydrogens (tertiary/aromatic N) is 7. The molecule has 3 aliphatic rings. The van der Waals surface area contributed by atoms with Crippen molar-refractivity contribution in [3.63, 3.8) is 0 Å². The molecule has 0 unspecified atom stereocenters. The predicted molar refractivity (Wildman–Crippen MR) is 249 cm³/mol. The molecule has 2 fully saturated rings. The summed E-state index contributed by atoms with van der Waals surface area (Å²) in [6, 6.07) is 7.81. The first-order valence-electron chi connectivity index (χ1n) is 22.8. The normalized spacial score (nSPS) is 21.7. The molecule has 6 heterocycles. The van der Waals surface area contributed by atoms with E-state index in [1.165, 1.54) is 21.2 Å². The number of rotatable bonds is 10. The van der Waals surface area contributed by atoms with Crippen LogP contribution in [0.5, 0.6) is 0 Å². The molecule has 64 heavy (non-hydrogen) atoms. The number of cyclic esters (lactones) is 1. The minimum atomic E-state index is -1.04. The highest BCUT2D eigenvalue weighted by Gasteiger charge is 2.39. The van der Waals surface area contributed by atoms with Crippen molar-refractivity contribution in [3.8, 4) is 22.5 Å². The Labute approximate surface area is 381 Å². The number of methoxy groups -OCH3 is 1. The van der Waals surface area contributed by atoms with Crippen molar-refractivity contribution in [2.75, 3.05) is 54.5 Å². The number of pyridine rings is 1. The van der Waals surface area contributed by atoms with E-state index in [9.17, 15) is 19.2 Å². The van der Waals surface area contributed by atoms with Crippen molar-refractivity contribution in [3.05, 3.63) is 58.2 Å². The zero-order chi connectivity index (χ0) is 46.0. The molecule has 2 N–H and O–H groups in total. The standard InChI is InChI=1S/C48H67N9O6S/c1-11-56-39-19-18-31-23-34(39)35(43(56)33-16-12-20-49-41(33)30(4)62-10)25-48(5,6)28-63-46(60)36-17-14-22-57(52-36)45(59)37(24-40-50-38(31)27-64-40)51-44(58)42(29(2)3)55(9)47(61)54(8)26-32-15-13-21-53(32)7/h12,16,18-20,23,27,29-30,32,36-37,42,52H,11,13-15,17,21-22,24-26,28H2,1-10H3,(H,51,58)/t30-,32+,36-,37-,42-/m0/s1. The fourth-order valence-corrected chi connectivity index (χ4v) is 10.6. The predicted octanol–water partition coefficient (Wildman–Crippen LogP) is 6.30. The molecule has 3 aromatic heterocycles. The molecule has 2 saturated heterocycles. The van der Waals surface area contributed by atoms with Gasteiger partial charge in [-0.1, -0.05) is 33.8 Å². The quantitative estimate of drug-likeness (QED) is 0.173. The highest BCUT2D eigenvalue weighted by molar-refractivity contribution is 7.10. The number of carbonyl (C=O) groups excluding carboxylic acids is 4. The van der Waals surface area contributed by atoms with Crippen LogP contribution in [-0.2, 0) is 43.2 Å². The second-order valence-corrected chi connectivity index (χ2v) is 20.0. The number of hydrogen-bond acceptors (Lipinski definition) is 11. The van der Waals surface area contributed by atoms with Crippen LogP contribution in [0.15, 0.2) is 41.9 Å². The second-order valence-electron chi connectivity index (χ2n) is 19.0. The Kier molecular flexibility index (Phi) is 14.5. The molecule has 1 aromatic carbocycles. The molecule has 0 aliphatic carbocycles. The number of likely N-dealkylation sites (tertiary alicyclic amines) is 1. The Morgan fingerprint density at radius 3 is 2.58 bits per heavy atom. The topological polar surface area (TPSA) is 154 Å². The number of carbonyl (C=O) groups is 4. The number of benzene rings is 1. The Morgan fingerprint density at radius 2 is 1.88 bits per heavy atom. The summed E-state index contributed by atoms with van der Waals surface area (Å²) >= 11 is 1.43. The van der Waals surface area contributed by atoms with Gasteiger partial charge in [0.15, 0.2) is 0 Å². The number of aryl methyl sites for hydroxylation is 1. The first-order valence-corrected chi connectivity index (χ1v) is 23.7. The zero-order valence-corrected chi connectivity index (χ0v) is 40.1. The molecule has 15 nitrogen and oxygen atoms in total. The zero-order valence-electron chi connectivity index (χ0n) is 39.3. The number of ether oxygens (including phenoxy) is 2. The van der Waals surface area contributed by atoms with Crippen LogP contribution in [0.4, 0.5) is 4.79 Å². The van der Waals surface area contributed by atoms with Gasteiger partial charge in [0.25, 0.3) is 5.91 Å². The lowest BCUT2D eigenvalue weighted by Gasteiger charge is -2.37. The van der Waals surface area contributed by atoms with Crippen molar-refractivity contribution >= 4 is 46.1 Å². The molecule has 3 aliphatic heterocycles. The maximum Gasteiger partial charge on any atom is 0.324 e. The average Bonchev–Trinajstić information content (AvgIpc) is 4.00. The summed E-state index contributed by atoms with van der Waals surface area (Å²) in [5.74, 6) is -1.52. The fourth-order valence-electron chi connectivity index (χ4n) is 9.74. The molecule has 0 radical (unpaired) electrons. The molecule has 0 spiro atoms. The number of aromatic nitrogens is 3. The summed E-state index contributed by atoms with van der Waals surface area (Å²) in [5.41, 5.74) is 9.40. The van der Waals surface area contributed by atoms with E-state index in [4.69, 9.17) is 19.4 Å². The highest BCUT2D eigenvalue weighted by Crippen LogP contribution is 2.42. The molecule has 4 amide bonds. The Balaban J connectivity index is 1.26. The van der Waals surface area contributed by atoms with Crippen LogP contribution < -0.4 is 10.7 Å². The molecule has 7 rings (SSSR count). The van der Waals surface area contributed by atoms with Crippen molar-refractivity contribution in [1.82, 2.24) is 45.0 Å². The number of fused-ring (bicyclic) bond motifs is 6. The van der Waals surface area contributed by atoms with Crippen LogP contribution in [0.3, 0.4) is 0 Å². The van der Waals surface area contributed by atoms with Gasteiger partial charge in [-0.25, -0.2) is 15.2 Å². The number of thiazole rings is 1. The van der Waals surface area contributed by atoms with Crippen molar-refractivity contribution in [2.45, 2.75) is 117 Å². The van der Waals surface area contributed by atoms with Gasteiger partial charge in [0.2, 0.25) is 5.91 Å². The maximum absolute atomic E-state index is 14.6. The van der Waals surface area contributed by atoms with Crippen LogP contribution in [0.2, 0.25) is 0 Å². The average molecular weight is 898 g/mol. The Hall–Kier alpha value is -4.90. The van der Waals surface area contributed by atoms with Crippen LogP contribution >= 0.6 is 11.3 Å². The minimum Gasteiger partial charge on any atom is -0.464 e. The Bertz CT molecular complexity index is 2340. The third kappa shape index (κ3) is 9.85. The van der Waals surface area contributed by atoms with Crippen LogP contribution in [-0.4, -0.2) is 137 Å².